The number of morpholine rings is 1. The van der Waals surface area contributed by atoms with E-state index in [2.05, 4.69) is 20.5 Å². The average molecular weight is 442 g/mol. The molecule has 2 aliphatic rings. The minimum absolute atomic E-state index is 0.228. The zero-order valence-electron chi connectivity index (χ0n) is 18.3. The van der Waals surface area contributed by atoms with Crippen LogP contribution in [-0.4, -0.2) is 48.3 Å². The Morgan fingerprint density at radius 1 is 1.18 bits per heavy atom. The Labute approximate surface area is 193 Å². The van der Waals surface area contributed by atoms with Crippen LogP contribution in [0.4, 0.5) is 5.69 Å². The quantitative estimate of drug-likeness (QED) is 0.451. The first-order chi connectivity index (χ1) is 16.2. The Kier molecular flexibility index (Phi) is 7.58. The van der Waals surface area contributed by atoms with Crippen molar-refractivity contribution >= 4 is 29.5 Å². The number of nitrogens with one attached hydrogen (secondary N) is 3. The summed E-state index contributed by atoms with van der Waals surface area (Å²) in [5.41, 5.74) is 5.05. The maximum atomic E-state index is 12.5. The first-order valence-electron chi connectivity index (χ1n) is 10.9. The number of carbonyl (C=O) groups excluding carboxylic acids is 1. The molecule has 168 valence electrons. The fourth-order valence-corrected chi connectivity index (χ4v) is 3.71. The molecule has 33 heavy (non-hydrogen) atoms. The zero-order chi connectivity index (χ0) is 22.9. The summed E-state index contributed by atoms with van der Waals surface area (Å²) in [6.07, 6.45) is 15.4. The van der Waals surface area contributed by atoms with Gasteiger partial charge in [-0.1, -0.05) is 18.2 Å². The molecule has 7 heteroatoms. The molecule has 4 rings (SSSR count). The second-order valence-electron chi connectivity index (χ2n) is 7.71. The Balaban J connectivity index is 1.41. The fourth-order valence-electron chi connectivity index (χ4n) is 3.71. The van der Waals surface area contributed by atoms with E-state index in [1.807, 2.05) is 54.8 Å². The molecular weight excluding hydrogens is 414 g/mol. The van der Waals surface area contributed by atoms with Crippen LogP contribution in [0.1, 0.15) is 16.7 Å². The molecule has 0 bridgehead atoms. The number of anilines is 1. The lowest BCUT2D eigenvalue weighted by Gasteiger charge is -2.26. The molecule has 0 aliphatic carbocycles. The molecule has 3 N–H and O–H groups in total. The van der Waals surface area contributed by atoms with E-state index in [1.165, 1.54) is 17.9 Å². The fraction of sp³-hybridized carbons (Fsp3) is 0.192. The van der Waals surface area contributed by atoms with Crippen LogP contribution in [0.15, 0.2) is 78.9 Å². The summed E-state index contributed by atoms with van der Waals surface area (Å²) >= 11 is 0. The van der Waals surface area contributed by atoms with Crippen LogP contribution in [0.25, 0.3) is 11.6 Å². The van der Waals surface area contributed by atoms with Crippen LogP contribution in [-0.2, 0) is 16.1 Å². The Morgan fingerprint density at radius 2 is 2.00 bits per heavy atom. The van der Waals surface area contributed by atoms with E-state index in [9.17, 15) is 4.79 Å². The highest BCUT2D eigenvalue weighted by Gasteiger charge is 2.11. The van der Waals surface area contributed by atoms with Crippen LogP contribution in [0, 0.1) is 5.41 Å². The van der Waals surface area contributed by atoms with Gasteiger partial charge in [0, 0.05) is 73.0 Å². The van der Waals surface area contributed by atoms with Gasteiger partial charge in [0.1, 0.15) is 0 Å². The van der Waals surface area contributed by atoms with Gasteiger partial charge in [-0.3, -0.25) is 14.7 Å². The van der Waals surface area contributed by atoms with E-state index in [0.29, 0.717) is 5.57 Å². The largest absolute Gasteiger partial charge is 0.379 e. The topological polar surface area (TPSA) is 90.3 Å². The smallest absolute Gasteiger partial charge is 0.248 e. The standard InChI is InChI=1S/C26H27N5O2/c27-17-24(25-3-1-2-11-29-25)23-10-12-28-18-21(23)6-9-26(32)30-22-7-4-20(5-8-22)19-31-13-15-33-16-14-31/h1-12,17-18,27,29H,13-16,19H2,(H,30,32)/b9-6+,25-24+,27-17?. The average Bonchev–Trinajstić information content (AvgIpc) is 2.86. The molecule has 1 aromatic carbocycles. The summed E-state index contributed by atoms with van der Waals surface area (Å²) in [7, 11) is 0. The number of allylic oxidation sites excluding steroid dienone is 4. The van der Waals surface area contributed by atoms with Gasteiger partial charge in [0.05, 0.1) is 13.2 Å². The van der Waals surface area contributed by atoms with Crippen LogP contribution in [0.5, 0.6) is 0 Å². The highest BCUT2D eigenvalue weighted by Crippen LogP contribution is 2.22. The van der Waals surface area contributed by atoms with Gasteiger partial charge < -0.3 is 20.8 Å². The summed E-state index contributed by atoms with van der Waals surface area (Å²) in [6, 6.07) is 9.75. The lowest BCUT2D eigenvalue weighted by Crippen LogP contribution is -2.35. The maximum absolute atomic E-state index is 12.5. The number of dihydropyridines is 1. The molecular formula is C26H27N5O2. The third-order valence-electron chi connectivity index (χ3n) is 5.43. The normalized spacial score (nSPS) is 17.6. The molecule has 0 saturated carbocycles. The Bertz CT molecular complexity index is 1110. The predicted molar refractivity (Wildman–Crippen MR) is 132 cm³/mol. The third kappa shape index (κ3) is 6.12. The number of hydrogen-bond acceptors (Lipinski definition) is 6. The summed E-state index contributed by atoms with van der Waals surface area (Å²) in [5.74, 6) is -0.228. The first kappa shape index (κ1) is 22.4. The summed E-state index contributed by atoms with van der Waals surface area (Å²) < 4.78 is 5.39. The highest BCUT2D eigenvalue weighted by atomic mass is 16.5. The monoisotopic (exact) mass is 441 g/mol. The maximum Gasteiger partial charge on any atom is 0.248 e. The van der Waals surface area contributed by atoms with Gasteiger partial charge in [-0.25, -0.2) is 0 Å². The van der Waals surface area contributed by atoms with Crippen molar-refractivity contribution in [3.63, 3.8) is 0 Å². The molecule has 1 saturated heterocycles. The van der Waals surface area contributed by atoms with Crippen molar-refractivity contribution in [1.82, 2.24) is 15.2 Å². The number of hydrogen-bond donors (Lipinski definition) is 3. The number of rotatable bonds is 7. The van der Waals surface area contributed by atoms with Crippen molar-refractivity contribution in [1.29, 1.82) is 5.41 Å². The van der Waals surface area contributed by atoms with E-state index in [-0.39, 0.29) is 5.91 Å². The van der Waals surface area contributed by atoms with Crippen molar-refractivity contribution < 1.29 is 9.53 Å². The van der Waals surface area contributed by atoms with E-state index in [0.717, 1.165) is 55.4 Å². The van der Waals surface area contributed by atoms with Gasteiger partial charge in [0.15, 0.2) is 0 Å². The highest BCUT2D eigenvalue weighted by molar-refractivity contribution is 6.12. The number of amides is 1. The SMILES string of the molecule is N=C/C(=C1/C=CC=CN1)c1ccncc1/C=C/C(=O)Nc1ccc(CN2CCOCC2)cc1. The molecule has 0 spiro atoms. The van der Waals surface area contributed by atoms with Crippen molar-refractivity contribution in [3.05, 3.63) is 95.6 Å². The molecule has 3 heterocycles. The molecule has 7 nitrogen and oxygen atoms in total. The van der Waals surface area contributed by atoms with E-state index in [4.69, 9.17) is 10.1 Å². The predicted octanol–water partition coefficient (Wildman–Crippen LogP) is 3.60. The molecule has 1 amide bonds. The van der Waals surface area contributed by atoms with E-state index >= 15 is 0 Å². The minimum atomic E-state index is -0.228. The van der Waals surface area contributed by atoms with Crippen molar-refractivity contribution in [2.75, 3.05) is 31.6 Å². The Morgan fingerprint density at radius 3 is 2.73 bits per heavy atom. The van der Waals surface area contributed by atoms with Gasteiger partial charge in [-0.15, -0.1) is 0 Å². The molecule has 1 aromatic heterocycles. The molecule has 1 fully saturated rings. The first-order valence-corrected chi connectivity index (χ1v) is 10.9. The van der Waals surface area contributed by atoms with Gasteiger partial charge in [0.25, 0.3) is 0 Å². The van der Waals surface area contributed by atoms with Gasteiger partial charge in [0.2, 0.25) is 5.91 Å². The zero-order valence-corrected chi connectivity index (χ0v) is 18.3. The number of aromatic nitrogens is 1. The van der Waals surface area contributed by atoms with Crippen LogP contribution in [0.2, 0.25) is 0 Å². The second-order valence-corrected chi connectivity index (χ2v) is 7.71. The number of benzene rings is 1. The van der Waals surface area contributed by atoms with E-state index < -0.39 is 0 Å². The second kappa shape index (κ2) is 11.2. The van der Waals surface area contributed by atoms with Crippen molar-refractivity contribution in [3.8, 4) is 0 Å². The molecule has 0 atom stereocenters. The molecule has 2 aliphatic heterocycles. The van der Waals surface area contributed by atoms with Gasteiger partial charge >= 0.3 is 0 Å². The molecule has 2 aromatic rings. The molecule has 0 unspecified atom stereocenters. The van der Waals surface area contributed by atoms with Gasteiger partial charge in [-0.05, 0) is 47.6 Å². The van der Waals surface area contributed by atoms with Gasteiger partial charge in [-0.2, -0.15) is 0 Å². The minimum Gasteiger partial charge on any atom is -0.379 e. The number of pyridine rings is 1. The van der Waals surface area contributed by atoms with Crippen LogP contribution >= 0.6 is 0 Å². The number of nitrogens with zero attached hydrogens (tertiary/aromatic N) is 2. The third-order valence-corrected chi connectivity index (χ3v) is 5.43. The van der Waals surface area contributed by atoms with Crippen LogP contribution in [0.3, 0.4) is 0 Å². The summed E-state index contributed by atoms with van der Waals surface area (Å²) in [4.78, 5) is 19.1. The van der Waals surface area contributed by atoms with Crippen molar-refractivity contribution in [2.24, 2.45) is 0 Å². The summed E-state index contributed by atoms with van der Waals surface area (Å²) in [5, 5.41) is 13.9. The lowest BCUT2D eigenvalue weighted by molar-refractivity contribution is -0.111. The number of carbonyl (C=O) groups is 1. The molecule has 0 radical (unpaired) electrons. The van der Waals surface area contributed by atoms with E-state index in [1.54, 1.807) is 18.5 Å². The number of ether oxygens (including phenoxy) is 1. The summed E-state index contributed by atoms with van der Waals surface area (Å²) in [6.45, 7) is 4.33. The Hall–Kier alpha value is -3.81. The lowest BCUT2D eigenvalue weighted by atomic mass is 9.99. The van der Waals surface area contributed by atoms with Crippen LogP contribution < -0.4 is 10.6 Å². The van der Waals surface area contributed by atoms with Crippen molar-refractivity contribution in [2.45, 2.75) is 6.54 Å².